The Hall–Kier alpha value is -2.92. The monoisotopic (exact) mass is 420 g/mol. The molecule has 1 fully saturated rings. The highest BCUT2D eigenvalue weighted by Gasteiger charge is 2.26. The van der Waals surface area contributed by atoms with Gasteiger partial charge in [-0.25, -0.2) is 9.97 Å². The van der Waals surface area contributed by atoms with Gasteiger partial charge in [0, 0.05) is 42.6 Å². The Labute approximate surface area is 182 Å². The maximum absolute atomic E-state index is 12.7. The molecule has 1 atom stereocenters. The van der Waals surface area contributed by atoms with Crippen LogP contribution in [0.25, 0.3) is 11.1 Å². The van der Waals surface area contributed by atoms with Crippen LogP contribution in [0.4, 0.5) is 5.95 Å². The number of benzene rings is 2. The number of aromatic nitrogens is 2. The molecule has 4 rings (SSSR count). The lowest BCUT2D eigenvalue weighted by atomic mass is 9.97. The molecule has 3 aromatic rings. The molecule has 1 aliphatic rings. The van der Waals surface area contributed by atoms with E-state index in [-0.39, 0.29) is 11.8 Å². The molecule has 0 saturated carbocycles. The maximum atomic E-state index is 12.7. The predicted octanol–water partition coefficient (Wildman–Crippen LogP) is 4.37. The number of amides is 1. The molecule has 0 aliphatic carbocycles. The number of hydrogen-bond acceptors (Lipinski definition) is 4. The van der Waals surface area contributed by atoms with Crippen LogP contribution in [0.3, 0.4) is 0 Å². The smallest absolute Gasteiger partial charge is 0.225 e. The van der Waals surface area contributed by atoms with Crippen molar-refractivity contribution in [2.75, 3.05) is 24.5 Å². The first-order valence-electron chi connectivity index (χ1n) is 10.3. The standard InChI is InChI=1S/C24H25ClN4O/c25-22-10-8-18(9-11-22)12-13-26-23(30)20-7-4-14-29(17-20)24-27-15-21(16-28-24)19-5-2-1-3-6-19/h1-3,5-6,8-11,15-16,20H,4,7,12-14,17H2,(H,26,30)/t20-/m0/s1. The molecule has 2 heterocycles. The molecule has 0 bridgehead atoms. The third kappa shape index (κ3) is 5.16. The fourth-order valence-electron chi connectivity index (χ4n) is 3.76. The number of piperidine rings is 1. The quantitative estimate of drug-likeness (QED) is 0.643. The fourth-order valence-corrected chi connectivity index (χ4v) is 3.89. The zero-order valence-corrected chi connectivity index (χ0v) is 17.6. The molecule has 1 N–H and O–H groups in total. The van der Waals surface area contributed by atoms with Gasteiger partial charge in [-0.15, -0.1) is 0 Å². The van der Waals surface area contributed by atoms with Gasteiger partial charge >= 0.3 is 0 Å². The Morgan fingerprint density at radius 1 is 1.03 bits per heavy atom. The number of carbonyl (C=O) groups excluding carboxylic acids is 1. The molecule has 5 nitrogen and oxygen atoms in total. The van der Waals surface area contributed by atoms with Crippen molar-refractivity contribution in [2.45, 2.75) is 19.3 Å². The van der Waals surface area contributed by atoms with Crippen molar-refractivity contribution in [3.05, 3.63) is 77.6 Å². The molecular weight excluding hydrogens is 396 g/mol. The molecule has 2 aromatic carbocycles. The first-order chi connectivity index (χ1) is 14.7. The summed E-state index contributed by atoms with van der Waals surface area (Å²) in [6.45, 7) is 2.15. The minimum atomic E-state index is -0.0404. The van der Waals surface area contributed by atoms with Crippen LogP contribution in [-0.2, 0) is 11.2 Å². The van der Waals surface area contributed by atoms with Crippen LogP contribution in [0.15, 0.2) is 67.0 Å². The first-order valence-corrected chi connectivity index (χ1v) is 10.7. The van der Waals surface area contributed by atoms with Crippen LogP contribution in [0.2, 0.25) is 5.02 Å². The average molecular weight is 421 g/mol. The van der Waals surface area contributed by atoms with Gasteiger partial charge in [-0.3, -0.25) is 4.79 Å². The Balaban J connectivity index is 1.31. The lowest BCUT2D eigenvalue weighted by Crippen LogP contribution is -2.44. The second kappa shape index (κ2) is 9.72. The summed E-state index contributed by atoms with van der Waals surface area (Å²) in [5.41, 5.74) is 3.25. The topological polar surface area (TPSA) is 58.1 Å². The van der Waals surface area contributed by atoms with Gasteiger partial charge in [-0.05, 0) is 42.5 Å². The minimum absolute atomic E-state index is 0.0404. The number of carbonyl (C=O) groups is 1. The summed E-state index contributed by atoms with van der Waals surface area (Å²) in [4.78, 5) is 23.9. The van der Waals surface area contributed by atoms with E-state index in [1.807, 2.05) is 67.0 Å². The van der Waals surface area contributed by atoms with Crippen LogP contribution in [0.5, 0.6) is 0 Å². The molecule has 1 aliphatic heterocycles. The van der Waals surface area contributed by atoms with Crippen LogP contribution in [0.1, 0.15) is 18.4 Å². The average Bonchev–Trinajstić information content (AvgIpc) is 2.81. The third-order valence-corrected chi connectivity index (χ3v) is 5.70. The van der Waals surface area contributed by atoms with Crippen molar-refractivity contribution in [1.82, 2.24) is 15.3 Å². The highest BCUT2D eigenvalue weighted by molar-refractivity contribution is 6.30. The van der Waals surface area contributed by atoms with Gasteiger partial charge in [0.1, 0.15) is 0 Å². The summed E-state index contributed by atoms with van der Waals surface area (Å²) in [5.74, 6) is 0.754. The van der Waals surface area contributed by atoms with Crippen LogP contribution < -0.4 is 10.2 Å². The van der Waals surface area contributed by atoms with E-state index in [0.717, 1.165) is 47.5 Å². The Morgan fingerprint density at radius 2 is 1.77 bits per heavy atom. The minimum Gasteiger partial charge on any atom is -0.355 e. The number of halogens is 1. The number of nitrogens with zero attached hydrogens (tertiary/aromatic N) is 3. The summed E-state index contributed by atoms with van der Waals surface area (Å²) < 4.78 is 0. The zero-order chi connectivity index (χ0) is 20.8. The number of nitrogens with one attached hydrogen (secondary N) is 1. The molecule has 1 saturated heterocycles. The summed E-state index contributed by atoms with van der Waals surface area (Å²) in [7, 11) is 0. The number of rotatable bonds is 6. The molecule has 1 amide bonds. The highest BCUT2D eigenvalue weighted by atomic mass is 35.5. The Kier molecular flexibility index (Phi) is 6.60. The van der Waals surface area contributed by atoms with Crippen LogP contribution in [-0.4, -0.2) is 35.5 Å². The van der Waals surface area contributed by atoms with Crippen LogP contribution >= 0.6 is 11.6 Å². The molecule has 0 radical (unpaired) electrons. The molecule has 6 heteroatoms. The van der Waals surface area contributed by atoms with E-state index in [1.165, 1.54) is 0 Å². The summed E-state index contributed by atoms with van der Waals surface area (Å²) in [6, 6.07) is 17.8. The largest absolute Gasteiger partial charge is 0.355 e. The second-order valence-electron chi connectivity index (χ2n) is 7.59. The predicted molar refractivity (Wildman–Crippen MR) is 121 cm³/mol. The van der Waals surface area contributed by atoms with Gasteiger partial charge in [-0.1, -0.05) is 54.1 Å². The van der Waals surface area contributed by atoms with E-state index in [2.05, 4.69) is 20.2 Å². The van der Waals surface area contributed by atoms with E-state index >= 15 is 0 Å². The van der Waals surface area contributed by atoms with E-state index in [1.54, 1.807) is 0 Å². The number of anilines is 1. The summed E-state index contributed by atoms with van der Waals surface area (Å²) in [5, 5.41) is 3.80. The van der Waals surface area contributed by atoms with Crippen molar-refractivity contribution in [1.29, 1.82) is 0 Å². The molecule has 0 unspecified atom stereocenters. The normalized spacial score (nSPS) is 16.3. The first kappa shape index (κ1) is 20.4. The third-order valence-electron chi connectivity index (χ3n) is 5.45. The van der Waals surface area contributed by atoms with Gasteiger partial charge < -0.3 is 10.2 Å². The molecule has 1 aromatic heterocycles. The second-order valence-corrected chi connectivity index (χ2v) is 8.03. The zero-order valence-electron chi connectivity index (χ0n) is 16.8. The van der Waals surface area contributed by atoms with Gasteiger partial charge in [0.2, 0.25) is 11.9 Å². The van der Waals surface area contributed by atoms with Crippen molar-refractivity contribution in [2.24, 2.45) is 5.92 Å². The highest BCUT2D eigenvalue weighted by Crippen LogP contribution is 2.23. The van der Waals surface area contributed by atoms with Crippen molar-refractivity contribution in [3.63, 3.8) is 0 Å². The molecule has 154 valence electrons. The maximum Gasteiger partial charge on any atom is 0.225 e. The fraction of sp³-hybridized carbons (Fsp3) is 0.292. The Morgan fingerprint density at radius 3 is 2.50 bits per heavy atom. The van der Waals surface area contributed by atoms with Gasteiger partial charge in [0.25, 0.3) is 0 Å². The van der Waals surface area contributed by atoms with Gasteiger partial charge in [-0.2, -0.15) is 0 Å². The lowest BCUT2D eigenvalue weighted by Gasteiger charge is -2.32. The SMILES string of the molecule is O=C(NCCc1ccc(Cl)cc1)[C@H]1CCCN(c2ncc(-c3ccccc3)cn2)C1. The van der Waals surface area contributed by atoms with E-state index < -0.39 is 0 Å². The van der Waals surface area contributed by atoms with E-state index in [4.69, 9.17) is 11.6 Å². The van der Waals surface area contributed by atoms with Crippen molar-refractivity contribution < 1.29 is 4.79 Å². The van der Waals surface area contributed by atoms with E-state index in [9.17, 15) is 4.79 Å². The molecule has 30 heavy (non-hydrogen) atoms. The van der Waals surface area contributed by atoms with Gasteiger partial charge in [0.15, 0.2) is 0 Å². The lowest BCUT2D eigenvalue weighted by molar-refractivity contribution is -0.125. The van der Waals surface area contributed by atoms with Gasteiger partial charge in [0.05, 0.1) is 5.92 Å². The summed E-state index contributed by atoms with van der Waals surface area (Å²) >= 11 is 5.92. The molecule has 0 spiro atoms. The van der Waals surface area contributed by atoms with Crippen LogP contribution in [0, 0.1) is 5.92 Å². The summed E-state index contributed by atoms with van der Waals surface area (Å²) in [6.07, 6.45) is 6.36. The van der Waals surface area contributed by atoms with Crippen molar-refractivity contribution in [3.8, 4) is 11.1 Å². The Bertz CT molecular complexity index is 961. The van der Waals surface area contributed by atoms with Crippen molar-refractivity contribution >= 4 is 23.5 Å². The molecular formula is C24H25ClN4O. The number of hydrogen-bond donors (Lipinski definition) is 1. The van der Waals surface area contributed by atoms with E-state index in [0.29, 0.717) is 19.0 Å².